The van der Waals surface area contributed by atoms with E-state index in [1.807, 2.05) is 6.92 Å². The van der Waals surface area contributed by atoms with E-state index in [1.54, 1.807) is 7.11 Å². The lowest BCUT2D eigenvalue weighted by Crippen LogP contribution is -2.56. The molecule has 4 fully saturated rings. The predicted octanol–water partition coefficient (Wildman–Crippen LogP) is 3.88. The summed E-state index contributed by atoms with van der Waals surface area (Å²) in [6.45, 7) is 1.84. The molecule has 3 unspecified atom stereocenters. The molecule has 4 bridgehead atoms. The monoisotopic (exact) mass is 339 g/mol. The molecule has 4 saturated carbocycles. The first-order chi connectivity index (χ1) is 12.0. The molecule has 25 heavy (non-hydrogen) atoms. The highest BCUT2D eigenvalue weighted by Crippen LogP contribution is 2.66. The third-order valence-electron chi connectivity index (χ3n) is 7.07. The summed E-state index contributed by atoms with van der Waals surface area (Å²) in [7, 11) is 1.71. The van der Waals surface area contributed by atoms with Crippen LogP contribution in [-0.2, 0) is 14.9 Å². The molecular formula is C21H25NO3. The molecule has 3 atom stereocenters. The Bertz CT molecular complexity index is 737. The number of aliphatic imine (C=N–C) groups is 1. The maximum Gasteiger partial charge on any atom is 0.337 e. The molecule has 4 heteroatoms. The number of benzene rings is 1. The molecule has 132 valence electrons. The Hall–Kier alpha value is -1.84. The second-order valence-electron chi connectivity index (χ2n) is 8.78. The van der Waals surface area contributed by atoms with Gasteiger partial charge < -0.3 is 9.47 Å². The van der Waals surface area contributed by atoms with Crippen molar-refractivity contribution < 1.29 is 14.3 Å². The largest absolute Gasteiger partial charge is 0.497 e. The lowest BCUT2D eigenvalue weighted by molar-refractivity contribution is -0.136. The molecule has 4 nitrogen and oxygen atoms in total. The van der Waals surface area contributed by atoms with E-state index in [0.29, 0.717) is 0 Å². The third kappa shape index (κ3) is 2.19. The average Bonchev–Trinajstić information content (AvgIpc) is 2.94. The Morgan fingerprint density at radius 2 is 1.72 bits per heavy atom. The van der Waals surface area contributed by atoms with Crippen LogP contribution in [-0.4, -0.2) is 25.0 Å². The Labute approximate surface area is 148 Å². The smallest absolute Gasteiger partial charge is 0.337 e. The second kappa shape index (κ2) is 5.09. The number of ether oxygens (including phenoxy) is 2. The van der Waals surface area contributed by atoms with Crippen LogP contribution in [0.1, 0.15) is 51.0 Å². The number of carbonyl (C=O) groups excluding carboxylic acids is 1. The predicted molar refractivity (Wildman–Crippen MR) is 94.8 cm³/mol. The molecule has 5 aliphatic rings. The van der Waals surface area contributed by atoms with Crippen molar-refractivity contribution in [3.63, 3.8) is 0 Å². The van der Waals surface area contributed by atoms with Gasteiger partial charge in [-0.3, -0.25) is 0 Å². The van der Waals surface area contributed by atoms with Gasteiger partial charge in [0.05, 0.1) is 7.11 Å². The number of carbonyl (C=O) groups is 1. The summed E-state index contributed by atoms with van der Waals surface area (Å²) < 4.78 is 11.0. The quantitative estimate of drug-likeness (QED) is 0.785. The van der Waals surface area contributed by atoms with E-state index in [9.17, 15) is 4.79 Å². The van der Waals surface area contributed by atoms with Crippen molar-refractivity contribution >= 4 is 11.9 Å². The van der Waals surface area contributed by atoms with Crippen LogP contribution < -0.4 is 4.74 Å². The minimum Gasteiger partial charge on any atom is -0.497 e. The van der Waals surface area contributed by atoms with Crippen LogP contribution in [0.2, 0.25) is 0 Å². The number of hydrogen-bond acceptors (Lipinski definition) is 4. The Morgan fingerprint density at radius 3 is 2.28 bits per heavy atom. The van der Waals surface area contributed by atoms with E-state index in [0.717, 1.165) is 42.7 Å². The molecule has 0 aromatic heterocycles. The van der Waals surface area contributed by atoms with Gasteiger partial charge in [0.1, 0.15) is 11.8 Å². The van der Waals surface area contributed by atoms with E-state index >= 15 is 0 Å². The maximum atomic E-state index is 11.9. The molecular weight excluding hydrogens is 314 g/mol. The molecule has 0 amide bonds. The summed E-state index contributed by atoms with van der Waals surface area (Å²) in [5, 5.41) is 0. The highest BCUT2D eigenvalue weighted by Gasteiger charge is 2.61. The highest BCUT2D eigenvalue weighted by molar-refractivity contribution is 6.00. The first-order valence-electron chi connectivity index (χ1n) is 9.46. The van der Waals surface area contributed by atoms with Crippen LogP contribution in [0.3, 0.4) is 0 Å². The number of methoxy groups -OCH3 is 1. The van der Waals surface area contributed by atoms with Crippen LogP contribution in [0, 0.1) is 17.3 Å². The zero-order valence-corrected chi connectivity index (χ0v) is 15.0. The van der Waals surface area contributed by atoms with Crippen molar-refractivity contribution in [2.45, 2.75) is 56.9 Å². The molecule has 0 spiro atoms. The number of nitrogens with zero attached hydrogens (tertiary/aromatic N) is 1. The number of esters is 1. The Kier molecular flexibility index (Phi) is 3.14. The summed E-state index contributed by atoms with van der Waals surface area (Å²) in [5.41, 5.74) is 1.60. The molecule has 0 N–H and O–H groups in total. The van der Waals surface area contributed by atoms with E-state index in [4.69, 9.17) is 9.47 Å². The van der Waals surface area contributed by atoms with Gasteiger partial charge in [-0.1, -0.05) is 12.1 Å². The van der Waals surface area contributed by atoms with Gasteiger partial charge in [-0.2, -0.15) is 0 Å². The van der Waals surface area contributed by atoms with Crippen molar-refractivity contribution in [3.8, 4) is 5.75 Å². The van der Waals surface area contributed by atoms with E-state index in [1.165, 1.54) is 24.8 Å². The second-order valence-corrected chi connectivity index (χ2v) is 8.78. The number of cyclic esters (lactones) is 1. The summed E-state index contributed by atoms with van der Waals surface area (Å²) in [4.78, 5) is 16.6. The van der Waals surface area contributed by atoms with Crippen molar-refractivity contribution in [3.05, 3.63) is 29.8 Å². The molecule has 1 aliphatic heterocycles. The van der Waals surface area contributed by atoms with Gasteiger partial charge in [-0.15, -0.1) is 0 Å². The molecule has 6 rings (SSSR count). The van der Waals surface area contributed by atoms with Crippen LogP contribution in [0.15, 0.2) is 29.3 Å². The van der Waals surface area contributed by atoms with E-state index in [2.05, 4.69) is 29.3 Å². The van der Waals surface area contributed by atoms with Crippen molar-refractivity contribution in [1.29, 1.82) is 0 Å². The molecule has 1 aromatic carbocycles. The fraction of sp³-hybridized carbons (Fsp3) is 0.619. The van der Waals surface area contributed by atoms with Crippen LogP contribution in [0.25, 0.3) is 0 Å². The van der Waals surface area contributed by atoms with Gasteiger partial charge in [0, 0.05) is 5.41 Å². The van der Waals surface area contributed by atoms with Gasteiger partial charge in [0.2, 0.25) is 5.90 Å². The van der Waals surface area contributed by atoms with Crippen molar-refractivity contribution in [1.82, 2.24) is 0 Å². The molecule has 1 heterocycles. The lowest BCUT2D eigenvalue weighted by Gasteiger charge is -2.61. The third-order valence-corrected chi connectivity index (χ3v) is 7.07. The topological polar surface area (TPSA) is 47.9 Å². The lowest BCUT2D eigenvalue weighted by atomic mass is 9.43. The van der Waals surface area contributed by atoms with Gasteiger partial charge in [-0.05, 0) is 80.4 Å². The Morgan fingerprint density at radius 1 is 1.08 bits per heavy atom. The van der Waals surface area contributed by atoms with E-state index < -0.39 is 0 Å². The SMILES string of the molecule is COc1ccc(C23CC4CC(CC(C5=NC(C)C(=O)O5)(C4)C2)C3)cc1. The van der Waals surface area contributed by atoms with Gasteiger partial charge in [0.25, 0.3) is 0 Å². The summed E-state index contributed by atoms with van der Waals surface area (Å²) in [6.07, 6.45) is 7.19. The summed E-state index contributed by atoms with van der Waals surface area (Å²) in [6, 6.07) is 8.31. The number of rotatable bonds is 3. The fourth-order valence-corrected chi connectivity index (χ4v) is 6.48. The van der Waals surface area contributed by atoms with E-state index in [-0.39, 0.29) is 22.8 Å². The Balaban J connectivity index is 1.54. The van der Waals surface area contributed by atoms with Gasteiger partial charge >= 0.3 is 5.97 Å². The first kappa shape index (κ1) is 15.4. The molecule has 1 aromatic rings. The number of hydrogen-bond donors (Lipinski definition) is 0. The zero-order chi connectivity index (χ0) is 17.2. The molecule has 0 radical (unpaired) electrons. The average molecular weight is 339 g/mol. The minimum atomic E-state index is -0.333. The minimum absolute atomic E-state index is 0.0234. The maximum absolute atomic E-state index is 11.9. The molecule has 0 saturated heterocycles. The fourth-order valence-electron chi connectivity index (χ4n) is 6.48. The van der Waals surface area contributed by atoms with Crippen LogP contribution in [0.4, 0.5) is 0 Å². The summed E-state index contributed by atoms with van der Waals surface area (Å²) >= 11 is 0. The van der Waals surface area contributed by atoms with Crippen molar-refractivity contribution in [2.24, 2.45) is 22.2 Å². The van der Waals surface area contributed by atoms with Gasteiger partial charge in [-0.25, -0.2) is 9.79 Å². The normalized spacial score (nSPS) is 41.6. The first-order valence-corrected chi connectivity index (χ1v) is 9.46. The zero-order valence-electron chi connectivity index (χ0n) is 15.0. The highest BCUT2D eigenvalue weighted by atomic mass is 16.6. The molecule has 4 aliphatic carbocycles. The summed E-state index contributed by atoms with van der Waals surface area (Å²) in [5.74, 6) is 2.92. The van der Waals surface area contributed by atoms with Crippen LogP contribution >= 0.6 is 0 Å². The van der Waals surface area contributed by atoms with Crippen LogP contribution in [0.5, 0.6) is 5.75 Å². The van der Waals surface area contributed by atoms with Gasteiger partial charge in [0.15, 0.2) is 0 Å². The van der Waals surface area contributed by atoms with Crippen molar-refractivity contribution in [2.75, 3.05) is 7.11 Å². The standard InChI is InChI=1S/C21H25NO3/c1-13-18(23)25-19(22-13)21-10-14-7-15(11-21)9-20(8-14,12-21)16-3-5-17(24-2)6-4-16/h3-6,13-15H,7-12H2,1-2H3.